The summed E-state index contributed by atoms with van der Waals surface area (Å²) in [6.07, 6.45) is 68.5. The van der Waals surface area contributed by atoms with Gasteiger partial charge < -0.3 is 0 Å². The van der Waals surface area contributed by atoms with E-state index in [1.165, 1.54) is 387 Å². The van der Waals surface area contributed by atoms with Crippen LogP contribution in [0.15, 0.2) is 109 Å². The molecule has 0 saturated carbocycles. The quantitative estimate of drug-likeness (QED) is 0.0281. The molecule has 0 bridgehead atoms. The van der Waals surface area contributed by atoms with Crippen LogP contribution in [0.5, 0.6) is 23.0 Å². The molecule has 0 unspecified atom stereocenters. The van der Waals surface area contributed by atoms with Crippen molar-refractivity contribution in [2.24, 2.45) is 0 Å². The summed E-state index contributed by atoms with van der Waals surface area (Å²) in [6, 6.07) is 45.2. The molecular weight excluding hydrogens is 1770 g/mol. The van der Waals surface area contributed by atoms with Crippen molar-refractivity contribution in [1.82, 2.24) is 0 Å². The second-order valence-corrected chi connectivity index (χ2v) is 70.3. The number of rotatable bonds is 72. The van der Waals surface area contributed by atoms with Gasteiger partial charge in [-0.2, -0.15) is 0 Å². The minimum absolute atomic E-state index is 0.600. The van der Waals surface area contributed by atoms with Gasteiger partial charge in [0.2, 0.25) is 0 Å². The summed E-state index contributed by atoms with van der Waals surface area (Å²) in [4.78, 5) is 6.16. The van der Waals surface area contributed by atoms with Gasteiger partial charge in [-0.05, 0) is 0 Å². The van der Waals surface area contributed by atoms with Crippen molar-refractivity contribution in [2.75, 3.05) is 26.4 Å². The topological polar surface area (TPSA) is 36.9 Å². The summed E-state index contributed by atoms with van der Waals surface area (Å²) < 4.78 is 42.9. The van der Waals surface area contributed by atoms with Gasteiger partial charge in [-0.3, -0.25) is 0 Å². The zero-order valence-electron chi connectivity index (χ0n) is 79.5. The van der Waals surface area contributed by atoms with Crippen molar-refractivity contribution in [3.8, 4) is 42.5 Å². The first-order valence-electron chi connectivity index (χ1n) is 52.0. The molecule has 8 aromatic rings. The summed E-state index contributed by atoms with van der Waals surface area (Å²) in [7, 11) is 0. The number of thiophene rings is 4. The number of hydrogen-bond donors (Lipinski definition) is 0. The van der Waals surface area contributed by atoms with Gasteiger partial charge >= 0.3 is 546 Å². The number of unbranched alkanes of at least 4 members (excludes halogenated alkanes) is 42. The third-order valence-corrected chi connectivity index (χ3v) is 69.8. The Balaban J connectivity index is 1.16. The molecule has 4 aromatic heterocycles. The van der Waals surface area contributed by atoms with Gasteiger partial charge in [-0.15, -0.1) is 0 Å². The molecule has 4 heterocycles. The Morgan fingerprint density at radius 3 is 0.598 bits per heavy atom. The van der Waals surface area contributed by atoms with Crippen LogP contribution in [-0.4, -0.2) is 63.2 Å². The van der Waals surface area contributed by atoms with Crippen LogP contribution in [0.4, 0.5) is 0 Å². The Kier molecular flexibility index (Phi) is 46.6. The van der Waals surface area contributed by atoms with Crippen LogP contribution in [0.2, 0.25) is 26.6 Å². The van der Waals surface area contributed by atoms with Gasteiger partial charge in [-0.1, -0.05) is 233 Å². The van der Waals surface area contributed by atoms with E-state index in [-0.39, 0.29) is 0 Å². The molecule has 10 rings (SSSR count). The molecule has 2 aliphatic carbocycles. The first-order valence-corrected chi connectivity index (χ1v) is 70.2. The molecule has 0 N–H and O–H groups in total. The van der Waals surface area contributed by atoms with E-state index in [9.17, 15) is 0 Å². The van der Waals surface area contributed by atoms with E-state index in [1.54, 1.807) is 20.9 Å². The SMILES string of the molecule is CCCCCCCCCCCCOc1ccc(C2(c3ccc(OCCCCCCCCCCCC)cc3)c3c[c]([Sn]([CH2]CCC)([CH2]CCC)[CH2]CCC)sc3-c3sc4c5c(sc4c32)-c2s[c]([Sn]([CH2]CCC)([CH2]CCC)[CH2]CCC)cc2C5(c2ccc(OCCCCCCCCCCCC)cc2)c2ccc(OCCCCCCCCCCCC)cc2)cc1. The van der Waals surface area contributed by atoms with Crippen LogP contribution in [0, 0.1) is 0 Å². The zero-order valence-corrected chi connectivity index (χ0v) is 88.5. The predicted octanol–water partition coefficient (Wildman–Crippen LogP) is 37.1. The molecule has 10 heteroatoms. The number of hydrogen-bond acceptors (Lipinski definition) is 8. The first kappa shape index (κ1) is 101. The first-order chi connectivity index (χ1) is 60.1. The molecular formula is C112H172O4S4Sn2. The van der Waals surface area contributed by atoms with Gasteiger partial charge in [0.05, 0.1) is 0 Å². The molecule has 0 spiro atoms. The fraction of sp³-hybridized carbons (Fsp3) is 0.661. The Hall–Kier alpha value is -3.26. The van der Waals surface area contributed by atoms with Crippen LogP contribution in [0.1, 0.15) is 448 Å². The average molecular weight is 1950 g/mol. The van der Waals surface area contributed by atoms with E-state index < -0.39 is 47.6 Å². The second-order valence-electron chi connectivity index (χ2n) is 37.9. The zero-order chi connectivity index (χ0) is 85.8. The number of ether oxygens (including phenoxy) is 4. The molecule has 0 fully saturated rings. The van der Waals surface area contributed by atoms with E-state index in [2.05, 4.69) is 224 Å². The predicted molar refractivity (Wildman–Crippen MR) is 548 cm³/mol. The maximum atomic E-state index is 6.88. The van der Waals surface area contributed by atoms with Crippen molar-refractivity contribution in [2.45, 2.75) is 441 Å². The van der Waals surface area contributed by atoms with Gasteiger partial charge in [-0.25, -0.2) is 0 Å². The third-order valence-electron chi connectivity index (χ3n) is 28.3. The Bertz CT molecular complexity index is 3650. The third kappa shape index (κ3) is 27.4. The van der Waals surface area contributed by atoms with E-state index in [0.29, 0.717) is 0 Å². The summed E-state index contributed by atoms with van der Waals surface area (Å²) >= 11 is 2.77. The summed E-state index contributed by atoms with van der Waals surface area (Å²) in [5.41, 5.74) is 10.4. The molecule has 4 aromatic carbocycles. The van der Waals surface area contributed by atoms with Crippen molar-refractivity contribution < 1.29 is 18.9 Å². The molecule has 0 amide bonds. The van der Waals surface area contributed by atoms with Crippen LogP contribution >= 0.6 is 45.3 Å². The van der Waals surface area contributed by atoms with Crippen LogP contribution in [-0.2, 0) is 10.8 Å². The van der Waals surface area contributed by atoms with E-state index >= 15 is 0 Å². The summed E-state index contributed by atoms with van der Waals surface area (Å²) in [6.45, 7) is 27.1. The van der Waals surface area contributed by atoms with E-state index in [1.807, 2.05) is 5.79 Å². The Morgan fingerprint density at radius 1 is 0.213 bits per heavy atom. The Morgan fingerprint density at radius 2 is 0.402 bits per heavy atom. The van der Waals surface area contributed by atoms with Crippen molar-refractivity contribution in [1.29, 1.82) is 0 Å². The average Bonchev–Trinajstić information content (AvgIpc) is 1.48. The van der Waals surface area contributed by atoms with E-state index in [0.717, 1.165) is 75.1 Å². The standard InChI is InChI=1S/C88H118O4S4.6C4H9.2Sn/c1-5-9-13-17-21-25-29-33-37-41-63-89-73-53-45-69(46-54-73)87(70-47-55-74(56-48-70)90-64-42-38-34-30-26-22-18-14-10-6-2)77-61-67-93-81(77)83-79(87)85-86(95-83)80-84(96-85)82-78(62-68-94-82)88(80,71-49-57-75(58-50-71)91-65-43-39-35-31-27-23-19-15-11-7-3)72-51-59-76(60-52-72)92-66-44-40-36-32-28-24-20-16-12-8-4;6*1-3-4-2;;/h45-62H,5-44,63-66H2,1-4H3;6*1,3-4H2,2H3;;. The molecule has 4 nitrogen and oxygen atoms in total. The van der Waals surface area contributed by atoms with Gasteiger partial charge in [0, 0.05) is 0 Å². The van der Waals surface area contributed by atoms with E-state index in [4.69, 9.17) is 18.9 Å². The van der Waals surface area contributed by atoms with Crippen molar-refractivity contribution in [3.05, 3.63) is 154 Å². The Labute approximate surface area is 772 Å². The van der Waals surface area contributed by atoms with Crippen molar-refractivity contribution in [3.63, 3.8) is 0 Å². The van der Waals surface area contributed by atoms with Crippen LogP contribution in [0.25, 0.3) is 28.9 Å². The fourth-order valence-corrected chi connectivity index (χ4v) is 64.9. The maximum absolute atomic E-state index is 6.88. The van der Waals surface area contributed by atoms with Gasteiger partial charge in [0.15, 0.2) is 0 Å². The van der Waals surface area contributed by atoms with Crippen LogP contribution in [0.3, 0.4) is 0 Å². The normalized spacial score (nSPS) is 13.4. The molecule has 0 radical (unpaired) electrons. The summed E-state index contributed by atoms with van der Waals surface area (Å²) in [5.74, 6) is 3.98. The molecule has 122 heavy (non-hydrogen) atoms. The molecule has 2 aliphatic rings. The molecule has 676 valence electrons. The summed E-state index contributed by atoms with van der Waals surface area (Å²) in [5, 5.41) is 0. The van der Waals surface area contributed by atoms with Gasteiger partial charge in [0.25, 0.3) is 0 Å². The molecule has 0 saturated heterocycles. The van der Waals surface area contributed by atoms with Crippen LogP contribution < -0.4 is 24.7 Å². The number of benzene rings is 4. The van der Waals surface area contributed by atoms with Gasteiger partial charge in [0.1, 0.15) is 0 Å². The van der Waals surface area contributed by atoms with Crippen molar-refractivity contribution >= 4 is 97.3 Å². The molecule has 0 aliphatic heterocycles. The fourth-order valence-electron chi connectivity index (χ4n) is 20.8. The monoisotopic (exact) mass is 1950 g/mol. The molecule has 0 atom stereocenters. The second kappa shape index (κ2) is 56.4. The number of fused-ring (bicyclic) bond motifs is 9. The minimum atomic E-state index is -3.11.